The maximum absolute atomic E-state index is 13.0. The molecule has 1 saturated carbocycles. The van der Waals surface area contributed by atoms with Crippen molar-refractivity contribution in [2.75, 3.05) is 13.6 Å². The van der Waals surface area contributed by atoms with Gasteiger partial charge >= 0.3 is 0 Å². The number of H-pyrrole nitrogens is 1. The molecule has 9 heteroatoms. The van der Waals surface area contributed by atoms with E-state index in [1.165, 1.54) is 10.6 Å². The van der Waals surface area contributed by atoms with E-state index in [9.17, 15) is 9.59 Å². The molecule has 5 rings (SSSR count). The maximum Gasteiger partial charge on any atom is 0.274 e. The van der Waals surface area contributed by atoms with Crippen LogP contribution in [0.5, 0.6) is 5.75 Å². The fourth-order valence-corrected chi connectivity index (χ4v) is 3.92. The molecular weight excluding hydrogens is 442 g/mol. The van der Waals surface area contributed by atoms with Crippen LogP contribution in [0.4, 0.5) is 0 Å². The van der Waals surface area contributed by atoms with E-state index in [0.717, 1.165) is 18.4 Å². The largest absolute Gasteiger partial charge is 0.486 e. The average Bonchev–Trinajstić information content (AvgIpc) is 3.52. The summed E-state index contributed by atoms with van der Waals surface area (Å²) in [5, 5.41) is 3.29. The Labute approximate surface area is 194 Å². The summed E-state index contributed by atoms with van der Waals surface area (Å²) in [6.07, 6.45) is 2.29. The molecule has 2 aromatic heterocycles. The number of halogens is 1. The Morgan fingerprint density at radius 1 is 1.18 bits per heavy atom. The quantitative estimate of drug-likeness (QED) is 0.450. The monoisotopic (exact) mass is 463 g/mol. The molecule has 0 radical (unpaired) electrons. The summed E-state index contributed by atoms with van der Waals surface area (Å²) in [4.78, 5) is 36.2. The molecule has 1 fully saturated rings. The highest BCUT2D eigenvalue weighted by molar-refractivity contribution is 6.34. The average molecular weight is 464 g/mol. The Hall–Kier alpha value is -3.65. The van der Waals surface area contributed by atoms with Crippen LogP contribution in [-0.2, 0) is 6.61 Å². The Kier molecular flexibility index (Phi) is 5.60. The van der Waals surface area contributed by atoms with E-state index >= 15 is 0 Å². The van der Waals surface area contributed by atoms with Gasteiger partial charge in [0.05, 0.1) is 10.7 Å². The normalized spacial score (nSPS) is 13.3. The zero-order chi connectivity index (χ0) is 22.9. The summed E-state index contributed by atoms with van der Waals surface area (Å²) in [7, 11) is 1.77. The number of aromatic nitrogens is 4. The minimum Gasteiger partial charge on any atom is -0.486 e. The SMILES string of the molecule is CN(CC1CC1)C(=O)c1c(Cl)cccc1OCc1cc(=O)n2[nH]c(-c3ccccc3)nc2n1. The molecule has 0 unspecified atom stereocenters. The summed E-state index contributed by atoms with van der Waals surface area (Å²) in [6, 6.07) is 15.9. The molecule has 0 bridgehead atoms. The highest BCUT2D eigenvalue weighted by Crippen LogP contribution is 2.32. The van der Waals surface area contributed by atoms with Crippen molar-refractivity contribution in [3.63, 3.8) is 0 Å². The first kappa shape index (κ1) is 21.2. The third-order valence-electron chi connectivity index (χ3n) is 5.57. The maximum atomic E-state index is 13.0. The Balaban J connectivity index is 1.39. The van der Waals surface area contributed by atoms with E-state index in [1.54, 1.807) is 30.1 Å². The number of carbonyl (C=O) groups is 1. The summed E-state index contributed by atoms with van der Waals surface area (Å²) >= 11 is 6.36. The predicted molar refractivity (Wildman–Crippen MR) is 125 cm³/mol. The smallest absolute Gasteiger partial charge is 0.274 e. The van der Waals surface area contributed by atoms with E-state index in [2.05, 4.69) is 15.1 Å². The second-order valence-electron chi connectivity index (χ2n) is 8.19. The van der Waals surface area contributed by atoms with Gasteiger partial charge in [-0.1, -0.05) is 48.0 Å². The van der Waals surface area contributed by atoms with Gasteiger partial charge in [-0.05, 0) is 30.9 Å². The Morgan fingerprint density at radius 3 is 2.73 bits per heavy atom. The molecule has 0 saturated heterocycles. The zero-order valence-electron chi connectivity index (χ0n) is 18.0. The van der Waals surface area contributed by atoms with Gasteiger partial charge in [-0.15, -0.1) is 0 Å². The van der Waals surface area contributed by atoms with Gasteiger partial charge in [-0.2, -0.15) is 9.50 Å². The lowest BCUT2D eigenvalue weighted by Crippen LogP contribution is -2.29. The minimum atomic E-state index is -0.306. The molecule has 4 aromatic rings. The van der Waals surface area contributed by atoms with Crippen molar-refractivity contribution in [1.29, 1.82) is 0 Å². The van der Waals surface area contributed by atoms with Gasteiger partial charge in [0.25, 0.3) is 17.2 Å². The molecular formula is C24H22ClN5O3. The minimum absolute atomic E-state index is 0.00771. The number of nitrogens with one attached hydrogen (secondary N) is 1. The Bertz CT molecular complexity index is 1380. The van der Waals surface area contributed by atoms with Crippen molar-refractivity contribution < 1.29 is 9.53 Å². The first-order chi connectivity index (χ1) is 16.0. The van der Waals surface area contributed by atoms with Gasteiger partial charge in [-0.3, -0.25) is 14.7 Å². The summed E-state index contributed by atoms with van der Waals surface area (Å²) in [6.45, 7) is 0.688. The molecule has 0 atom stereocenters. The van der Waals surface area contributed by atoms with E-state index in [0.29, 0.717) is 40.3 Å². The molecule has 0 aliphatic heterocycles. The van der Waals surface area contributed by atoms with E-state index in [1.807, 2.05) is 30.3 Å². The molecule has 33 heavy (non-hydrogen) atoms. The standard InChI is InChI=1S/C24H22ClN5O3/c1-29(13-15-10-11-15)23(32)21-18(25)8-5-9-19(21)33-14-17-12-20(31)30-24(26-17)27-22(28-30)16-6-3-2-4-7-16/h2-9,12,15H,10-11,13-14H2,1H3,(H,26,27,28). The summed E-state index contributed by atoms with van der Waals surface area (Å²) in [5.74, 6) is 1.51. The molecule has 168 valence electrons. The summed E-state index contributed by atoms with van der Waals surface area (Å²) < 4.78 is 7.20. The lowest BCUT2D eigenvalue weighted by atomic mass is 10.1. The first-order valence-corrected chi connectivity index (χ1v) is 11.1. The van der Waals surface area contributed by atoms with Crippen LogP contribution >= 0.6 is 11.6 Å². The van der Waals surface area contributed by atoms with Gasteiger partial charge in [0.2, 0.25) is 0 Å². The number of ether oxygens (including phenoxy) is 1. The number of nitrogens with zero attached hydrogens (tertiary/aromatic N) is 4. The molecule has 1 amide bonds. The van der Waals surface area contributed by atoms with Crippen molar-refractivity contribution in [2.45, 2.75) is 19.4 Å². The molecule has 1 N–H and O–H groups in total. The van der Waals surface area contributed by atoms with Crippen molar-refractivity contribution in [3.8, 4) is 17.1 Å². The van der Waals surface area contributed by atoms with Crippen LogP contribution in [0.3, 0.4) is 0 Å². The van der Waals surface area contributed by atoms with E-state index < -0.39 is 0 Å². The van der Waals surface area contributed by atoms with Crippen molar-refractivity contribution >= 4 is 23.3 Å². The van der Waals surface area contributed by atoms with Crippen molar-refractivity contribution in [2.24, 2.45) is 5.92 Å². The third-order valence-corrected chi connectivity index (χ3v) is 5.89. The lowest BCUT2D eigenvalue weighted by Gasteiger charge is -2.19. The lowest BCUT2D eigenvalue weighted by molar-refractivity contribution is 0.0784. The van der Waals surface area contributed by atoms with Crippen LogP contribution in [0.2, 0.25) is 5.02 Å². The van der Waals surface area contributed by atoms with Crippen LogP contribution in [-0.4, -0.2) is 44.0 Å². The van der Waals surface area contributed by atoms with Gasteiger partial charge in [0, 0.05) is 25.2 Å². The zero-order valence-corrected chi connectivity index (χ0v) is 18.7. The molecule has 0 spiro atoms. The molecule has 1 aliphatic rings. The highest BCUT2D eigenvalue weighted by atomic mass is 35.5. The van der Waals surface area contributed by atoms with E-state index in [-0.39, 0.29) is 23.9 Å². The van der Waals surface area contributed by atoms with Crippen molar-refractivity contribution in [1.82, 2.24) is 24.5 Å². The topological polar surface area (TPSA) is 92.6 Å². The van der Waals surface area contributed by atoms with Crippen LogP contribution < -0.4 is 10.3 Å². The number of rotatable bonds is 7. The molecule has 8 nitrogen and oxygen atoms in total. The summed E-state index contributed by atoms with van der Waals surface area (Å²) in [5.41, 5.74) is 1.25. The highest BCUT2D eigenvalue weighted by Gasteiger charge is 2.27. The first-order valence-electron chi connectivity index (χ1n) is 10.7. The number of hydrogen-bond donors (Lipinski definition) is 1. The van der Waals surface area contributed by atoms with E-state index in [4.69, 9.17) is 16.3 Å². The predicted octanol–water partition coefficient (Wildman–Crippen LogP) is 3.80. The fraction of sp³-hybridized carbons (Fsp3) is 0.250. The fourth-order valence-electron chi connectivity index (χ4n) is 3.67. The number of amides is 1. The van der Waals surface area contributed by atoms with Crippen LogP contribution in [0.15, 0.2) is 59.4 Å². The van der Waals surface area contributed by atoms with Gasteiger partial charge in [0.1, 0.15) is 17.9 Å². The molecule has 2 heterocycles. The number of carbonyl (C=O) groups excluding carboxylic acids is 1. The second-order valence-corrected chi connectivity index (χ2v) is 8.60. The van der Waals surface area contributed by atoms with Gasteiger partial charge < -0.3 is 9.64 Å². The van der Waals surface area contributed by atoms with Crippen LogP contribution in [0, 0.1) is 5.92 Å². The second kappa shape index (κ2) is 8.71. The number of benzene rings is 2. The third kappa shape index (κ3) is 4.47. The molecule has 1 aliphatic carbocycles. The molecule has 2 aromatic carbocycles. The Morgan fingerprint density at radius 2 is 1.97 bits per heavy atom. The van der Waals surface area contributed by atoms with Crippen LogP contribution in [0.1, 0.15) is 28.9 Å². The number of hydrogen-bond acceptors (Lipinski definition) is 5. The van der Waals surface area contributed by atoms with Gasteiger partial charge in [0.15, 0.2) is 5.82 Å². The number of aromatic amines is 1. The van der Waals surface area contributed by atoms with Gasteiger partial charge in [-0.25, -0.2) is 4.98 Å². The number of fused-ring (bicyclic) bond motifs is 1. The van der Waals surface area contributed by atoms with Crippen LogP contribution in [0.25, 0.3) is 17.2 Å². The van der Waals surface area contributed by atoms with Crippen molar-refractivity contribution in [3.05, 3.63) is 81.2 Å².